The summed E-state index contributed by atoms with van der Waals surface area (Å²) in [6.45, 7) is 7.12. The second-order valence-corrected chi connectivity index (χ2v) is 15.5. The van der Waals surface area contributed by atoms with Gasteiger partial charge >= 0.3 is 5.79 Å². The lowest BCUT2D eigenvalue weighted by atomic mass is 9.73. The van der Waals surface area contributed by atoms with Crippen molar-refractivity contribution in [2.24, 2.45) is 0 Å². The van der Waals surface area contributed by atoms with Crippen molar-refractivity contribution in [3.05, 3.63) is 125 Å². The maximum atomic E-state index is 2.96. The van der Waals surface area contributed by atoms with Gasteiger partial charge in [0.05, 0.1) is 10.9 Å². The third kappa shape index (κ3) is 3.76. The molecule has 3 heterocycles. The first-order valence-electron chi connectivity index (χ1n) is 18.8. The summed E-state index contributed by atoms with van der Waals surface area (Å²) in [5, 5.41) is 5.61. The summed E-state index contributed by atoms with van der Waals surface area (Å²) < 4.78 is 5.76. The van der Waals surface area contributed by atoms with Crippen LogP contribution >= 0.6 is 0 Å². The van der Waals surface area contributed by atoms with Gasteiger partial charge in [0.15, 0.2) is 18.0 Å². The molecule has 5 aromatic rings. The molecule has 3 aliphatic carbocycles. The van der Waals surface area contributed by atoms with Gasteiger partial charge in [0.1, 0.15) is 5.56 Å². The minimum atomic E-state index is -0.463. The van der Waals surface area contributed by atoms with E-state index in [1.807, 2.05) is 0 Å². The quantitative estimate of drug-likeness (QED) is 0.177. The number of hydrogen-bond donors (Lipinski definition) is 0. The first kappa shape index (κ1) is 28.7. The van der Waals surface area contributed by atoms with Crippen LogP contribution in [0.5, 0.6) is 0 Å². The Balaban J connectivity index is 1.43. The smallest absolute Gasteiger partial charge is 0.250 e. The Bertz CT molecular complexity index is 2200. The van der Waals surface area contributed by atoms with E-state index < -0.39 is 5.79 Å². The average Bonchev–Trinajstić information content (AvgIpc) is 3.40. The van der Waals surface area contributed by atoms with Crippen LogP contribution < -0.4 is 4.57 Å². The number of nitrogens with zero attached hydrogens (tertiary/aromatic N) is 3. The van der Waals surface area contributed by atoms with Gasteiger partial charge in [-0.2, -0.15) is 0 Å². The van der Waals surface area contributed by atoms with Gasteiger partial charge in [-0.3, -0.25) is 0 Å². The minimum absolute atomic E-state index is 0.182. The molecule has 2 fully saturated rings. The molecule has 1 spiro atoms. The van der Waals surface area contributed by atoms with E-state index >= 15 is 0 Å². The number of hydrogen-bond acceptors (Lipinski definition) is 1. The van der Waals surface area contributed by atoms with Crippen molar-refractivity contribution in [2.45, 2.75) is 109 Å². The van der Waals surface area contributed by atoms with Gasteiger partial charge in [-0.25, -0.2) is 4.90 Å². The van der Waals surface area contributed by atoms with E-state index in [0.717, 1.165) is 0 Å². The lowest BCUT2D eigenvalue weighted by Crippen LogP contribution is -2.75. The Hall–Kier alpha value is -4.24. The monoisotopic (exact) mass is 629 g/mol. The van der Waals surface area contributed by atoms with Crippen LogP contribution in [0, 0.1) is 6.92 Å². The van der Waals surface area contributed by atoms with Gasteiger partial charge in [0.25, 0.3) is 0 Å². The Morgan fingerprint density at radius 2 is 1.44 bits per heavy atom. The molecule has 0 radical (unpaired) electrons. The standard InChI is InChI=1S/C45H47N3/c1-29-25-34-23-24-46-44-41(34)38(26-29)40(32-15-7-4-8-16-32)39-28-33-17-13-14-22-37(33)43(42(39)44)45(46)47(35-18-9-5-10-19-35)30(2)27-31(3)48(45)36-20-11-6-12-21-36/h4,7-8,13-17,22-28,35-36,40H,5-6,9-12,18-21H2,1-3H3/q+2. The van der Waals surface area contributed by atoms with E-state index in [-0.39, 0.29) is 5.92 Å². The highest BCUT2D eigenvalue weighted by molar-refractivity contribution is 6.06. The molecular weight excluding hydrogens is 583 g/mol. The van der Waals surface area contributed by atoms with Gasteiger partial charge in [0, 0.05) is 55.0 Å². The molecule has 0 bridgehead atoms. The maximum Gasteiger partial charge on any atom is 0.473 e. The number of fused-ring (bicyclic) bond motifs is 4. The number of rotatable bonds is 3. The largest absolute Gasteiger partial charge is 0.473 e. The summed E-state index contributed by atoms with van der Waals surface area (Å²) in [7, 11) is 0. The van der Waals surface area contributed by atoms with Crippen molar-refractivity contribution < 1.29 is 9.14 Å². The molecule has 0 saturated heterocycles. The SMILES string of the molecule is CC1=CC(C)=[N+](C2CCCCC2)C2(c3c4c(cc5ccccc35)C(c3ccccc3)c3cc(C)cc5cc[n+]2c-4c35)N1C1CCCCC1. The number of aryl methyl sites for hydroxylation is 1. The van der Waals surface area contributed by atoms with Crippen LogP contribution in [-0.4, -0.2) is 27.3 Å². The van der Waals surface area contributed by atoms with Crippen LogP contribution in [0.25, 0.3) is 32.8 Å². The predicted molar refractivity (Wildman–Crippen MR) is 197 cm³/mol. The van der Waals surface area contributed by atoms with Gasteiger partial charge in [-0.1, -0.05) is 98.0 Å². The van der Waals surface area contributed by atoms with Crippen molar-refractivity contribution in [3.8, 4) is 11.3 Å². The molecule has 2 aliphatic heterocycles. The molecule has 1 aromatic heterocycles. The first-order valence-corrected chi connectivity index (χ1v) is 18.8. The Morgan fingerprint density at radius 3 is 2.23 bits per heavy atom. The van der Waals surface area contributed by atoms with E-state index in [4.69, 9.17) is 0 Å². The van der Waals surface area contributed by atoms with Gasteiger partial charge in [0.2, 0.25) is 5.69 Å². The molecular formula is C45H47N3+2. The van der Waals surface area contributed by atoms with Crippen LogP contribution in [0.15, 0.2) is 96.8 Å². The second kappa shape index (κ2) is 10.6. The molecule has 5 aliphatic rings. The lowest BCUT2D eigenvalue weighted by molar-refractivity contribution is -0.945. The minimum Gasteiger partial charge on any atom is -0.250 e. The van der Waals surface area contributed by atoms with Crippen LogP contribution in [0.4, 0.5) is 0 Å². The Morgan fingerprint density at radius 1 is 0.708 bits per heavy atom. The normalized spacial score (nSPS) is 23.9. The Kier molecular flexibility index (Phi) is 6.36. The highest BCUT2D eigenvalue weighted by Crippen LogP contribution is 2.58. The summed E-state index contributed by atoms with van der Waals surface area (Å²) in [4.78, 5) is 2.96. The van der Waals surface area contributed by atoms with Gasteiger partial charge in [-0.05, 0) is 73.1 Å². The molecule has 4 aromatic carbocycles. The van der Waals surface area contributed by atoms with Gasteiger partial charge < -0.3 is 0 Å². The zero-order valence-electron chi connectivity index (χ0n) is 28.8. The Labute approximate surface area is 285 Å². The second-order valence-electron chi connectivity index (χ2n) is 15.5. The molecule has 240 valence electrons. The predicted octanol–water partition coefficient (Wildman–Crippen LogP) is 10.1. The molecule has 3 heteroatoms. The van der Waals surface area contributed by atoms with Crippen molar-refractivity contribution in [3.63, 3.8) is 0 Å². The molecule has 2 unspecified atom stereocenters. The van der Waals surface area contributed by atoms with Crippen LogP contribution in [-0.2, 0) is 5.79 Å². The molecule has 48 heavy (non-hydrogen) atoms. The number of benzene rings is 4. The summed E-state index contributed by atoms with van der Waals surface area (Å²) in [6, 6.07) is 31.7. The average molecular weight is 630 g/mol. The summed E-state index contributed by atoms with van der Waals surface area (Å²) in [5.74, 6) is -0.281. The maximum absolute atomic E-state index is 2.96. The third-order valence-electron chi connectivity index (χ3n) is 12.7. The molecule has 10 rings (SSSR count). The van der Waals surface area contributed by atoms with Gasteiger partial charge in [-0.15, -0.1) is 9.14 Å². The van der Waals surface area contributed by atoms with E-state index in [1.54, 1.807) is 0 Å². The fraction of sp³-hybridized carbons (Fsp3) is 0.378. The van der Waals surface area contributed by atoms with Crippen molar-refractivity contribution in [1.82, 2.24) is 4.90 Å². The number of allylic oxidation sites excluding steroid dienone is 2. The molecule has 2 saturated carbocycles. The van der Waals surface area contributed by atoms with Crippen molar-refractivity contribution in [1.29, 1.82) is 0 Å². The number of aromatic nitrogens is 1. The van der Waals surface area contributed by atoms with E-state index in [2.05, 4.69) is 126 Å². The van der Waals surface area contributed by atoms with Crippen molar-refractivity contribution >= 4 is 27.3 Å². The zero-order chi connectivity index (χ0) is 32.1. The highest BCUT2D eigenvalue weighted by atomic mass is 15.5. The van der Waals surface area contributed by atoms with Crippen LogP contribution in [0.3, 0.4) is 0 Å². The van der Waals surface area contributed by atoms with Crippen LogP contribution in [0.2, 0.25) is 0 Å². The van der Waals surface area contributed by atoms with E-state index in [0.29, 0.717) is 12.1 Å². The fourth-order valence-corrected chi connectivity index (χ4v) is 11.1. The summed E-state index contributed by atoms with van der Waals surface area (Å²) in [5.41, 5.74) is 13.0. The van der Waals surface area contributed by atoms with Crippen LogP contribution in [0.1, 0.15) is 112 Å². The fourth-order valence-electron chi connectivity index (χ4n) is 11.1. The molecule has 3 nitrogen and oxygen atoms in total. The van der Waals surface area contributed by atoms with E-state index in [1.165, 1.54) is 136 Å². The highest BCUT2D eigenvalue weighted by Gasteiger charge is 2.71. The molecule has 0 amide bonds. The van der Waals surface area contributed by atoms with Crippen molar-refractivity contribution in [2.75, 3.05) is 0 Å². The third-order valence-corrected chi connectivity index (χ3v) is 12.7. The summed E-state index contributed by atoms with van der Waals surface area (Å²) >= 11 is 0. The first-order chi connectivity index (χ1) is 23.6. The topological polar surface area (TPSA) is 10.1 Å². The van der Waals surface area contributed by atoms with E-state index in [9.17, 15) is 0 Å². The molecule has 0 N–H and O–H groups in total. The molecule has 2 atom stereocenters. The number of pyridine rings is 1. The summed E-state index contributed by atoms with van der Waals surface area (Å²) in [6.07, 6.45) is 18.1. The zero-order valence-corrected chi connectivity index (χ0v) is 28.8. The lowest BCUT2D eigenvalue weighted by Gasteiger charge is -2.46.